The molecule has 4 nitrogen and oxygen atoms in total. The van der Waals surface area contributed by atoms with Gasteiger partial charge in [0.05, 0.1) is 12.6 Å². The van der Waals surface area contributed by atoms with Gasteiger partial charge in [-0.15, -0.1) is 6.58 Å². The van der Waals surface area contributed by atoms with Crippen LogP contribution in [0.2, 0.25) is 0 Å². The van der Waals surface area contributed by atoms with Gasteiger partial charge in [-0.25, -0.2) is 0 Å². The number of rotatable bonds is 8. The minimum atomic E-state index is -0.166. The van der Waals surface area contributed by atoms with Gasteiger partial charge in [0.2, 0.25) is 5.91 Å². The van der Waals surface area contributed by atoms with Crippen molar-refractivity contribution in [2.45, 2.75) is 26.3 Å². The van der Waals surface area contributed by atoms with Crippen molar-refractivity contribution in [2.24, 2.45) is 0 Å². The maximum atomic E-state index is 11.4. The van der Waals surface area contributed by atoms with Gasteiger partial charge in [-0.05, 0) is 26.8 Å². The average molecular weight is 214 g/mol. The molecular weight excluding hydrogens is 192 g/mol. The second-order valence-corrected chi connectivity index (χ2v) is 3.67. The van der Waals surface area contributed by atoms with E-state index in [0.29, 0.717) is 13.2 Å². The average Bonchev–Trinajstić information content (AvgIpc) is 2.17. The molecule has 0 radical (unpaired) electrons. The third-order valence-electron chi connectivity index (χ3n) is 2.00. The summed E-state index contributed by atoms with van der Waals surface area (Å²) in [5, 5.41) is 5.90. The molecule has 1 atom stereocenters. The SMILES string of the molecule is C=C(C)CCNC(C)C(=O)NCCOC. The van der Waals surface area contributed by atoms with Gasteiger partial charge < -0.3 is 15.4 Å². The Hall–Kier alpha value is -0.870. The van der Waals surface area contributed by atoms with Crippen molar-refractivity contribution in [1.29, 1.82) is 0 Å². The highest BCUT2D eigenvalue weighted by atomic mass is 16.5. The smallest absolute Gasteiger partial charge is 0.236 e. The minimum Gasteiger partial charge on any atom is -0.383 e. The molecule has 2 N–H and O–H groups in total. The summed E-state index contributed by atoms with van der Waals surface area (Å²) in [5.41, 5.74) is 1.12. The molecule has 0 fully saturated rings. The van der Waals surface area contributed by atoms with Gasteiger partial charge in [-0.2, -0.15) is 0 Å². The summed E-state index contributed by atoms with van der Waals surface area (Å²) >= 11 is 0. The largest absolute Gasteiger partial charge is 0.383 e. The van der Waals surface area contributed by atoms with Crippen LogP contribution in [0.5, 0.6) is 0 Å². The minimum absolute atomic E-state index is 0.00812. The van der Waals surface area contributed by atoms with Crippen molar-refractivity contribution in [3.05, 3.63) is 12.2 Å². The maximum Gasteiger partial charge on any atom is 0.236 e. The highest BCUT2D eigenvalue weighted by molar-refractivity contribution is 5.81. The number of ether oxygens (including phenoxy) is 1. The maximum absolute atomic E-state index is 11.4. The lowest BCUT2D eigenvalue weighted by atomic mass is 10.2. The lowest BCUT2D eigenvalue weighted by molar-refractivity contribution is -0.122. The van der Waals surface area contributed by atoms with Gasteiger partial charge in [0.15, 0.2) is 0 Å². The van der Waals surface area contributed by atoms with Crippen LogP contribution in [0.25, 0.3) is 0 Å². The molecule has 0 saturated carbocycles. The zero-order chi connectivity index (χ0) is 11.7. The number of nitrogens with one attached hydrogen (secondary N) is 2. The predicted molar refractivity (Wildman–Crippen MR) is 61.8 cm³/mol. The summed E-state index contributed by atoms with van der Waals surface area (Å²) in [7, 11) is 1.61. The van der Waals surface area contributed by atoms with Crippen LogP contribution in [0.15, 0.2) is 12.2 Å². The molecule has 0 aliphatic rings. The van der Waals surface area contributed by atoms with Gasteiger partial charge in [0, 0.05) is 13.7 Å². The van der Waals surface area contributed by atoms with E-state index in [-0.39, 0.29) is 11.9 Å². The van der Waals surface area contributed by atoms with Crippen molar-refractivity contribution >= 4 is 5.91 Å². The first-order chi connectivity index (χ1) is 7.07. The van der Waals surface area contributed by atoms with Gasteiger partial charge >= 0.3 is 0 Å². The molecule has 0 aromatic rings. The molecule has 0 bridgehead atoms. The first-order valence-corrected chi connectivity index (χ1v) is 5.22. The first kappa shape index (κ1) is 14.1. The van der Waals surface area contributed by atoms with E-state index in [4.69, 9.17) is 4.74 Å². The molecule has 1 amide bonds. The molecule has 0 rings (SSSR count). The molecule has 0 aliphatic heterocycles. The van der Waals surface area contributed by atoms with E-state index >= 15 is 0 Å². The van der Waals surface area contributed by atoms with Crippen LogP contribution in [-0.4, -0.2) is 38.8 Å². The van der Waals surface area contributed by atoms with E-state index in [1.165, 1.54) is 0 Å². The number of hydrogen-bond acceptors (Lipinski definition) is 3. The standard InChI is InChI=1S/C11H22N2O2/c1-9(2)5-6-12-10(3)11(14)13-7-8-15-4/h10,12H,1,5-8H2,2-4H3,(H,13,14). The van der Waals surface area contributed by atoms with Crippen LogP contribution < -0.4 is 10.6 Å². The number of amides is 1. The Morgan fingerprint density at radius 3 is 2.67 bits per heavy atom. The second-order valence-electron chi connectivity index (χ2n) is 3.67. The van der Waals surface area contributed by atoms with Gasteiger partial charge in [-0.1, -0.05) is 5.57 Å². The third kappa shape index (κ3) is 8.15. The van der Waals surface area contributed by atoms with Crippen molar-refractivity contribution in [3.8, 4) is 0 Å². The van der Waals surface area contributed by atoms with Crippen molar-refractivity contribution in [3.63, 3.8) is 0 Å². The zero-order valence-electron chi connectivity index (χ0n) is 9.93. The number of carbonyl (C=O) groups is 1. The summed E-state index contributed by atoms with van der Waals surface area (Å²) in [5.74, 6) is 0.00812. The van der Waals surface area contributed by atoms with Crippen LogP contribution in [0.4, 0.5) is 0 Å². The number of hydrogen-bond donors (Lipinski definition) is 2. The fourth-order valence-electron chi connectivity index (χ4n) is 1.02. The van der Waals surface area contributed by atoms with Crippen molar-refractivity contribution in [2.75, 3.05) is 26.8 Å². The fraction of sp³-hybridized carbons (Fsp3) is 0.727. The Balaban J connectivity index is 3.55. The van der Waals surface area contributed by atoms with E-state index in [1.54, 1.807) is 7.11 Å². The number of carbonyl (C=O) groups excluding carboxylic acids is 1. The summed E-state index contributed by atoms with van der Waals surface area (Å²) in [6.45, 7) is 9.51. The van der Waals surface area contributed by atoms with Crippen LogP contribution in [-0.2, 0) is 9.53 Å². The highest BCUT2D eigenvalue weighted by Crippen LogP contribution is 1.93. The number of methoxy groups -OCH3 is 1. The Morgan fingerprint density at radius 2 is 2.13 bits per heavy atom. The van der Waals surface area contributed by atoms with Gasteiger partial charge in [-0.3, -0.25) is 4.79 Å². The Labute approximate surface area is 92.1 Å². The Morgan fingerprint density at radius 1 is 1.47 bits per heavy atom. The summed E-state index contributed by atoms with van der Waals surface area (Å²) in [4.78, 5) is 11.4. The molecule has 1 unspecified atom stereocenters. The van der Waals surface area contributed by atoms with Crippen LogP contribution in [0.3, 0.4) is 0 Å². The normalized spacial score (nSPS) is 12.2. The molecule has 88 valence electrons. The molecule has 0 aliphatic carbocycles. The quantitative estimate of drug-likeness (QED) is 0.462. The second kappa shape index (κ2) is 8.44. The van der Waals surface area contributed by atoms with E-state index in [1.807, 2.05) is 13.8 Å². The predicted octanol–water partition coefficient (Wildman–Crippen LogP) is 0.693. The Bertz CT molecular complexity index is 205. The highest BCUT2D eigenvalue weighted by Gasteiger charge is 2.10. The summed E-state index contributed by atoms with van der Waals surface area (Å²) in [6.07, 6.45) is 0.899. The first-order valence-electron chi connectivity index (χ1n) is 5.22. The molecule has 0 aromatic carbocycles. The molecule has 0 aromatic heterocycles. The Kier molecular flexibility index (Phi) is 7.95. The lowest BCUT2D eigenvalue weighted by Gasteiger charge is -2.13. The topological polar surface area (TPSA) is 50.4 Å². The van der Waals surface area contributed by atoms with Gasteiger partial charge in [0.25, 0.3) is 0 Å². The van der Waals surface area contributed by atoms with E-state index < -0.39 is 0 Å². The fourth-order valence-corrected chi connectivity index (χ4v) is 1.02. The van der Waals surface area contributed by atoms with Gasteiger partial charge in [0.1, 0.15) is 0 Å². The summed E-state index contributed by atoms with van der Waals surface area (Å²) < 4.78 is 4.84. The van der Waals surface area contributed by atoms with Crippen LogP contribution >= 0.6 is 0 Å². The van der Waals surface area contributed by atoms with Crippen molar-refractivity contribution < 1.29 is 9.53 Å². The van der Waals surface area contributed by atoms with Crippen LogP contribution in [0.1, 0.15) is 20.3 Å². The lowest BCUT2D eigenvalue weighted by Crippen LogP contribution is -2.43. The summed E-state index contributed by atoms with van der Waals surface area (Å²) in [6, 6.07) is -0.166. The third-order valence-corrected chi connectivity index (χ3v) is 2.00. The van der Waals surface area contributed by atoms with E-state index in [2.05, 4.69) is 17.2 Å². The van der Waals surface area contributed by atoms with E-state index in [9.17, 15) is 4.79 Å². The molecule has 0 spiro atoms. The molecular formula is C11H22N2O2. The van der Waals surface area contributed by atoms with Crippen LogP contribution in [0, 0.1) is 0 Å². The molecule has 15 heavy (non-hydrogen) atoms. The molecule has 0 heterocycles. The zero-order valence-corrected chi connectivity index (χ0v) is 9.93. The monoisotopic (exact) mass is 214 g/mol. The molecule has 4 heteroatoms. The molecule has 0 saturated heterocycles. The van der Waals surface area contributed by atoms with Crippen molar-refractivity contribution in [1.82, 2.24) is 10.6 Å². The van der Waals surface area contributed by atoms with E-state index in [0.717, 1.165) is 18.5 Å².